The topological polar surface area (TPSA) is 46.6 Å². The summed E-state index contributed by atoms with van der Waals surface area (Å²) in [6.45, 7) is 7.83. The lowest BCUT2D eigenvalue weighted by atomic mass is 10.0. The van der Waals surface area contributed by atoms with Gasteiger partial charge in [-0.15, -0.1) is 0 Å². The Balaban J connectivity index is 2.63. The largest absolute Gasteiger partial charge is 0.444 e. The van der Waals surface area contributed by atoms with E-state index in [-0.39, 0.29) is 17.9 Å². The Morgan fingerprint density at radius 3 is 2.60 bits per heavy atom. The van der Waals surface area contributed by atoms with Gasteiger partial charge in [0.05, 0.1) is 6.04 Å². The predicted molar refractivity (Wildman–Crippen MR) is 56.6 cm³/mol. The van der Waals surface area contributed by atoms with Gasteiger partial charge < -0.3 is 4.74 Å². The minimum Gasteiger partial charge on any atom is -0.444 e. The fourth-order valence-electron chi connectivity index (χ4n) is 1.57. The van der Waals surface area contributed by atoms with Crippen LogP contribution >= 0.6 is 0 Å². The Hall–Kier alpha value is -1.06. The number of carbonyl (C=O) groups excluding carboxylic acids is 2. The summed E-state index contributed by atoms with van der Waals surface area (Å²) < 4.78 is 5.23. The van der Waals surface area contributed by atoms with Gasteiger partial charge >= 0.3 is 6.09 Å². The van der Waals surface area contributed by atoms with Gasteiger partial charge in [-0.1, -0.05) is 0 Å². The van der Waals surface area contributed by atoms with Gasteiger partial charge in [-0.05, 0) is 34.1 Å². The fraction of sp³-hybridized carbons (Fsp3) is 0.818. The van der Waals surface area contributed by atoms with Crippen LogP contribution in [0.15, 0.2) is 0 Å². The summed E-state index contributed by atoms with van der Waals surface area (Å²) >= 11 is 0. The molecule has 0 spiro atoms. The number of piperidine rings is 1. The number of hydrogen-bond donors (Lipinski definition) is 0. The molecule has 0 aromatic heterocycles. The molecule has 0 N–H and O–H groups in total. The molecular weight excluding hydrogens is 194 g/mol. The van der Waals surface area contributed by atoms with Crippen LogP contribution in [0.2, 0.25) is 0 Å². The second-order valence-corrected chi connectivity index (χ2v) is 4.92. The average Bonchev–Trinajstić information content (AvgIpc) is 2.06. The molecule has 86 valence electrons. The van der Waals surface area contributed by atoms with E-state index >= 15 is 0 Å². The summed E-state index contributed by atoms with van der Waals surface area (Å²) in [6.07, 6.45) is 0.922. The summed E-state index contributed by atoms with van der Waals surface area (Å²) in [4.78, 5) is 24.7. The lowest BCUT2D eigenvalue weighted by molar-refractivity contribution is -0.126. The molecule has 0 saturated carbocycles. The number of rotatable bonds is 0. The van der Waals surface area contributed by atoms with Crippen LogP contribution in [-0.2, 0) is 9.53 Å². The van der Waals surface area contributed by atoms with Gasteiger partial charge in [0.1, 0.15) is 5.60 Å². The highest BCUT2D eigenvalue weighted by Gasteiger charge is 2.32. The second-order valence-electron chi connectivity index (χ2n) is 4.92. The van der Waals surface area contributed by atoms with Crippen molar-refractivity contribution in [2.45, 2.75) is 52.2 Å². The molecule has 0 radical (unpaired) electrons. The van der Waals surface area contributed by atoms with Crippen molar-refractivity contribution in [2.24, 2.45) is 0 Å². The predicted octanol–water partition coefficient (Wildman–Crippen LogP) is 1.97. The first kappa shape index (κ1) is 12.0. The molecule has 1 aliphatic heterocycles. The van der Waals surface area contributed by atoms with Crippen LogP contribution < -0.4 is 0 Å². The minimum absolute atomic E-state index is 0.118. The lowest BCUT2D eigenvalue weighted by Gasteiger charge is -2.33. The molecule has 0 aromatic rings. The quantitative estimate of drug-likeness (QED) is 0.618. The summed E-state index contributed by atoms with van der Waals surface area (Å²) in [6, 6.07) is -0.339. The van der Waals surface area contributed by atoms with Crippen LogP contribution in [0.3, 0.4) is 0 Å². The monoisotopic (exact) mass is 213 g/mol. The highest BCUT2D eigenvalue weighted by Crippen LogP contribution is 2.17. The Labute approximate surface area is 90.6 Å². The maximum Gasteiger partial charge on any atom is 0.410 e. The van der Waals surface area contributed by atoms with Crippen LogP contribution in [-0.4, -0.2) is 35.0 Å². The third-order valence-corrected chi connectivity index (χ3v) is 2.38. The molecule has 1 heterocycles. The van der Waals surface area contributed by atoms with Crippen molar-refractivity contribution < 1.29 is 14.3 Å². The zero-order chi connectivity index (χ0) is 11.6. The number of likely N-dealkylation sites (tertiary alicyclic amines) is 1. The molecule has 1 saturated heterocycles. The van der Waals surface area contributed by atoms with Crippen molar-refractivity contribution >= 4 is 11.9 Å². The number of amides is 1. The Bertz CT molecular complexity index is 267. The SMILES string of the molecule is CC1C(=O)CCCN1C(=O)OC(C)(C)C. The van der Waals surface area contributed by atoms with Gasteiger partial charge in [-0.3, -0.25) is 9.69 Å². The third kappa shape index (κ3) is 3.22. The Morgan fingerprint density at radius 2 is 2.07 bits per heavy atom. The van der Waals surface area contributed by atoms with Crippen molar-refractivity contribution in [3.63, 3.8) is 0 Å². The van der Waals surface area contributed by atoms with E-state index in [0.29, 0.717) is 13.0 Å². The second kappa shape index (κ2) is 4.21. The van der Waals surface area contributed by atoms with Crippen LogP contribution in [0.5, 0.6) is 0 Å². The van der Waals surface area contributed by atoms with E-state index < -0.39 is 5.60 Å². The number of hydrogen-bond acceptors (Lipinski definition) is 3. The summed E-state index contributed by atoms with van der Waals surface area (Å²) in [7, 11) is 0. The zero-order valence-electron chi connectivity index (χ0n) is 9.87. The fourth-order valence-corrected chi connectivity index (χ4v) is 1.57. The maximum atomic E-state index is 11.7. The highest BCUT2D eigenvalue weighted by molar-refractivity contribution is 5.88. The number of nitrogens with zero attached hydrogens (tertiary/aromatic N) is 1. The van der Waals surface area contributed by atoms with Gasteiger partial charge in [-0.25, -0.2) is 4.79 Å². The summed E-state index contributed by atoms with van der Waals surface area (Å²) in [5.74, 6) is 0.118. The summed E-state index contributed by atoms with van der Waals surface area (Å²) in [5.41, 5.74) is -0.503. The molecule has 4 nitrogen and oxygen atoms in total. The highest BCUT2D eigenvalue weighted by atomic mass is 16.6. The molecule has 1 rings (SSSR count). The molecule has 0 aliphatic carbocycles. The van der Waals surface area contributed by atoms with Gasteiger partial charge in [-0.2, -0.15) is 0 Å². The van der Waals surface area contributed by atoms with E-state index in [1.165, 1.54) is 4.90 Å². The molecule has 15 heavy (non-hydrogen) atoms. The number of carbonyl (C=O) groups is 2. The van der Waals surface area contributed by atoms with Crippen molar-refractivity contribution in [1.29, 1.82) is 0 Å². The number of Topliss-reactive ketones (excluding diaryl/α,β-unsaturated/α-hetero) is 1. The van der Waals surface area contributed by atoms with E-state index in [9.17, 15) is 9.59 Å². The Morgan fingerprint density at radius 1 is 1.47 bits per heavy atom. The van der Waals surface area contributed by atoms with Crippen molar-refractivity contribution in [1.82, 2.24) is 4.90 Å². The minimum atomic E-state index is -0.503. The molecular formula is C11H19NO3. The van der Waals surface area contributed by atoms with E-state index in [1.807, 2.05) is 20.8 Å². The first-order chi connectivity index (χ1) is 6.81. The molecule has 1 fully saturated rings. The van der Waals surface area contributed by atoms with Gasteiger partial charge in [0.15, 0.2) is 5.78 Å². The van der Waals surface area contributed by atoms with E-state index in [4.69, 9.17) is 4.74 Å². The third-order valence-electron chi connectivity index (χ3n) is 2.38. The van der Waals surface area contributed by atoms with Crippen LogP contribution in [0.1, 0.15) is 40.5 Å². The number of ketones is 1. The lowest BCUT2D eigenvalue weighted by Crippen LogP contribution is -2.49. The van der Waals surface area contributed by atoms with Gasteiger partial charge in [0.25, 0.3) is 0 Å². The van der Waals surface area contributed by atoms with Crippen LogP contribution in [0.25, 0.3) is 0 Å². The maximum absolute atomic E-state index is 11.7. The first-order valence-electron chi connectivity index (χ1n) is 5.33. The molecule has 0 bridgehead atoms. The van der Waals surface area contributed by atoms with Crippen molar-refractivity contribution in [3.8, 4) is 0 Å². The first-order valence-corrected chi connectivity index (χ1v) is 5.33. The van der Waals surface area contributed by atoms with Gasteiger partial charge in [0.2, 0.25) is 0 Å². The van der Waals surface area contributed by atoms with E-state index in [2.05, 4.69) is 0 Å². The standard InChI is InChI=1S/C11H19NO3/c1-8-9(13)6-5-7-12(8)10(14)15-11(2,3)4/h8H,5-7H2,1-4H3. The van der Waals surface area contributed by atoms with E-state index in [0.717, 1.165) is 6.42 Å². The molecule has 4 heteroatoms. The summed E-state index contributed by atoms with van der Waals surface area (Å²) in [5, 5.41) is 0. The molecule has 0 aromatic carbocycles. The normalized spacial score (nSPS) is 22.8. The van der Waals surface area contributed by atoms with Crippen LogP contribution in [0, 0.1) is 0 Å². The van der Waals surface area contributed by atoms with Crippen molar-refractivity contribution in [2.75, 3.05) is 6.54 Å². The molecule has 1 aliphatic rings. The van der Waals surface area contributed by atoms with Gasteiger partial charge in [0, 0.05) is 13.0 Å². The molecule has 1 unspecified atom stereocenters. The van der Waals surface area contributed by atoms with Crippen LogP contribution in [0.4, 0.5) is 4.79 Å². The van der Waals surface area contributed by atoms with Crippen molar-refractivity contribution in [3.05, 3.63) is 0 Å². The Kier molecular flexibility index (Phi) is 3.37. The number of ether oxygens (including phenoxy) is 1. The smallest absolute Gasteiger partial charge is 0.410 e. The zero-order valence-corrected chi connectivity index (χ0v) is 9.87. The van der Waals surface area contributed by atoms with E-state index in [1.54, 1.807) is 6.92 Å². The average molecular weight is 213 g/mol. The molecule has 1 amide bonds. The molecule has 1 atom stereocenters.